The summed E-state index contributed by atoms with van der Waals surface area (Å²) in [6.07, 6.45) is 1.56. The van der Waals surface area contributed by atoms with Crippen LogP contribution in [-0.4, -0.2) is 15.5 Å². The van der Waals surface area contributed by atoms with E-state index in [-0.39, 0.29) is 11.3 Å². The van der Waals surface area contributed by atoms with E-state index in [1.165, 1.54) is 11.6 Å². The Morgan fingerprint density at radius 3 is 2.50 bits per heavy atom. The van der Waals surface area contributed by atoms with Gasteiger partial charge in [0.05, 0.1) is 0 Å². The van der Waals surface area contributed by atoms with Crippen LogP contribution in [0.1, 0.15) is 16.1 Å². The Kier molecular flexibility index (Phi) is 3.25. The van der Waals surface area contributed by atoms with Gasteiger partial charge < -0.3 is 10.3 Å². The molecule has 0 bridgehead atoms. The van der Waals surface area contributed by atoms with E-state index in [9.17, 15) is 9.59 Å². The number of carbonyl (C=O) groups excluding carboxylic acids is 1. The number of benzene rings is 1. The van der Waals surface area contributed by atoms with Crippen LogP contribution in [0.3, 0.4) is 0 Å². The second kappa shape index (κ2) is 5.11. The van der Waals surface area contributed by atoms with Crippen molar-refractivity contribution in [2.24, 2.45) is 12.8 Å². The first-order valence-corrected chi connectivity index (χ1v) is 6.85. The number of nitrogens with two attached hydrogens (primary N) is 1. The van der Waals surface area contributed by atoms with Gasteiger partial charge in [0.25, 0.3) is 11.5 Å². The molecule has 0 spiro atoms. The Labute approximate surface area is 127 Å². The predicted molar refractivity (Wildman–Crippen MR) is 85.7 cm³/mol. The van der Waals surface area contributed by atoms with E-state index in [0.717, 1.165) is 11.1 Å². The van der Waals surface area contributed by atoms with Crippen LogP contribution < -0.4 is 11.3 Å². The number of hydrogen-bond acceptors (Lipinski definition) is 3. The van der Waals surface area contributed by atoms with Crippen LogP contribution in [0.4, 0.5) is 0 Å². The van der Waals surface area contributed by atoms with Crippen LogP contribution >= 0.6 is 0 Å². The first kappa shape index (κ1) is 14.0. The van der Waals surface area contributed by atoms with Crippen molar-refractivity contribution in [2.75, 3.05) is 0 Å². The lowest BCUT2D eigenvalue weighted by atomic mass is 9.97. The van der Waals surface area contributed by atoms with Crippen LogP contribution in [0.5, 0.6) is 0 Å². The predicted octanol–water partition coefficient (Wildman–Crippen LogP) is 2.01. The maximum absolute atomic E-state index is 12.4. The molecule has 22 heavy (non-hydrogen) atoms. The molecule has 1 amide bonds. The molecule has 0 aliphatic rings. The topological polar surface area (TPSA) is 78.0 Å². The molecule has 2 N–H and O–H groups in total. The highest BCUT2D eigenvalue weighted by molar-refractivity contribution is 6.07. The molecular formula is C17H15N3O2. The third-order valence-electron chi connectivity index (χ3n) is 3.73. The van der Waals surface area contributed by atoms with Crippen LogP contribution in [0, 0.1) is 6.92 Å². The second-order valence-electron chi connectivity index (χ2n) is 5.22. The minimum Gasteiger partial charge on any atom is -0.364 e. The number of aromatic nitrogens is 2. The standard InChI is InChI=1S/C17H15N3O2/c1-10-5-7-11(8-6-10)13-12-4-3-9-19-14(12)17(22)20(2)15(13)16(18)21/h3-9H,1-2H3,(H2,18,21). The van der Waals surface area contributed by atoms with Crippen molar-refractivity contribution >= 4 is 16.8 Å². The molecule has 0 unspecified atom stereocenters. The number of hydrogen-bond donors (Lipinski definition) is 1. The number of nitrogens with zero attached hydrogens (tertiary/aromatic N) is 2. The molecule has 0 saturated heterocycles. The van der Waals surface area contributed by atoms with Crippen LogP contribution in [0.25, 0.3) is 22.0 Å². The zero-order valence-corrected chi connectivity index (χ0v) is 12.3. The Morgan fingerprint density at radius 2 is 1.86 bits per heavy atom. The van der Waals surface area contributed by atoms with Gasteiger partial charge in [-0.2, -0.15) is 0 Å². The SMILES string of the molecule is Cc1ccc(-c2c(C(N)=O)n(C)c(=O)c3ncccc23)cc1. The summed E-state index contributed by atoms with van der Waals surface area (Å²) >= 11 is 0. The number of primary amides is 1. The fourth-order valence-electron chi connectivity index (χ4n) is 2.63. The van der Waals surface area contributed by atoms with Crippen molar-refractivity contribution in [1.82, 2.24) is 9.55 Å². The number of carbonyl (C=O) groups is 1. The molecule has 5 heteroatoms. The molecule has 0 aliphatic carbocycles. The molecule has 3 rings (SSSR count). The minimum atomic E-state index is -0.638. The average Bonchev–Trinajstić information content (AvgIpc) is 2.51. The molecule has 0 fully saturated rings. The van der Waals surface area contributed by atoms with Gasteiger partial charge in [-0.15, -0.1) is 0 Å². The summed E-state index contributed by atoms with van der Waals surface area (Å²) < 4.78 is 1.27. The summed E-state index contributed by atoms with van der Waals surface area (Å²) in [6.45, 7) is 1.99. The van der Waals surface area contributed by atoms with Gasteiger partial charge in [-0.1, -0.05) is 35.9 Å². The highest BCUT2D eigenvalue weighted by atomic mass is 16.2. The first-order chi connectivity index (χ1) is 10.5. The van der Waals surface area contributed by atoms with Gasteiger partial charge in [0.2, 0.25) is 0 Å². The number of pyridine rings is 2. The quantitative estimate of drug-likeness (QED) is 0.785. The van der Waals surface area contributed by atoms with Gasteiger partial charge >= 0.3 is 0 Å². The summed E-state index contributed by atoms with van der Waals surface area (Å²) in [5.41, 5.74) is 8.28. The molecule has 0 atom stereocenters. The zero-order chi connectivity index (χ0) is 15.9. The Bertz CT molecular complexity index is 941. The maximum Gasteiger partial charge on any atom is 0.277 e. The Balaban J connectivity index is 2.53. The molecule has 110 valence electrons. The molecule has 3 aromatic rings. The monoisotopic (exact) mass is 293 g/mol. The van der Waals surface area contributed by atoms with Crippen LogP contribution in [0.15, 0.2) is 47.4 Å². The highest BCUT2D eigenvalue weighted by Crippen LogP contribution is 2.29. The van der Waals surface area contributed by atoms with E-state index in [2.05, 4.69) is 4.98 Å². The van der Waals surface area contributed by atoms with Crippen molar-refractivity contribution < 1.29 is 4.79 Å². The van der Waals surface area contributed by atoms with Crippen molar-refractivity contribution in [3.05, 3.63) is 64.2 Å². The van der Waals surface area contributed by atoms with Gasteiger partial charge in [-0.25, -0.2) is 0 Å². The molecule has 5 nitrogen and oxygen atoms in total. The molecular weight excluding hydrogens is 278 g/mol. The van der Waals surface area contributed by atoms with E-state index in [0.29, 0.717) is 16.5 Å². The highest BCUT2D eigenvalue weighted by Gasteiger charge is 2.20. The van der Waals surface area contributed by atoms with Crippen LogP contribution in [-0.2, 0) is 7.05 Å². The third-order valence-corrected chi connectivity index (χ3v) is 3.73. The largest absolute Gasteiger partial charge is 0.364 e. The lowest BCUT2D eigenvalue weighted by Crippen LogP contribution is -2.28. The van der Waals surface area contributed by atoms with E-state index < -0.39 is 5.91 Å². The minimum absolute atomic E-state index is 0.189. The third kappa shape index (κ3) is 2.07. The van der Waals surface area contributed by atoms with Gasteiger partial charge in [0.1, 0.15) is 11.2 Å². The van der Waals surface area contributed by atoms with Crippen molar-refractivity contribution in [1.29, 1.82) is 0 Å². The fourth-order valence-corrected chi connectivity index (χ4v) is 2.63. The molecule has 0 aliphatic heterocycles. The summed E-state index contributed by atoms with van der Waals surface area (Å²) in [5.74, 6) is -0.638. The normalized spacial score (nSPS) is 10.8. The zero-order valence-electron chi connectivity index (χ0n) is 12.3. The lowest BCUT2D eigenvalue weighted by Gasteiger charge is -2.14. The summed E-state index contributed by atoms with van der Waals surface area (Å²) in [7, 11) is 1.54. The van der Waals surface area contributed by atoms with E-state index in [1.54, 1.807) is 18.3 Å². The lowest BCUT2D eigenvalue weighted by molar-refractivity contribution is 0.0992. The molecule has 0 saturated carbocycles. The van der Waals surface area contributed by atoms with Crippen molar-refractivity contribution in [2.45, 2.75) is 6.92 Å². The first-order valence-electron chi connectivity index (χ1n) is 6.85. The molecule has 2 heterocycles. The molecule has 1 aromatic carbocycles. The number of rotatable bonds is 2. The van der Waals surface area contributed by atoms with Gasteiger partial charge in [0, 0.05) is 24.2 Å². The Morgan fingerprint density at radius 1 is 1.18 bits per heavy atom. The van der Waals surface area contributed by atoms with Crippen molar-refractivity contribution in [3.8, 4) is 11.1 Å². The maximum atomic E-state index is 12.4. The van der Waals surface area contributed by atoms with Gasteiger partial charge in [-0.05, 0) is 18.6 Å². The smallest absolute Gasteiger partial charge is 0.277 e. The number of amides is 1. The molecule has 2 aromatic heterocycles. The Hall–Kier alpha value is -2.95. The van der Waals surface area contributed by atoms with Gasteiger partial charge in [0.15, 0.2) is 0 Å². The van der Waals surface area contributed by atoms with E-state index in [4.69, 9.17) is 5.73 Å². The molecule has 0 radical (unpaired) electrons. The number of aryl methyl sites for hydroxylation is 1. The van der Waals surface area contributed by atoms with E-state index >= 15 is 0 Å². The van der Waals surface area contributed by atoms with E-state index in [1.807, 2.05) is 31.2 Å². The van der Waals surface area contributed by atoms with Gasteiger partial charge in [-0.3, -0.25) is 14.6 Å². The average molecular weight is 293 g/mol. The second-order valence-corrected chi connectivity index (χ2v) is 5.22. The summed E-state index contributed by atoms with van der Waals surface area (Å²) in [4.78, 5) is 28.5. The summed E-state index contributed by atoms with van der Waals surface area (Å²) in [6, 6.07) is 11.2. The fraction of sp³-hybridized carbons (Fsp3) is 0.118. The number of fused-ring (bicyclic) bond motifs is 1. The van der Waals surface area contributed by atoms with Crippen LogP contribution in [0.2, 0.25) is 0 Å². The summed E-state index contributed by atoms with van der Waals surface area (Å²) in [5, 5.41) is 0.628. The van der Waals surface area contributed by atoms with Crippen molar-refractivity contribution in [3.63, 3.8) is 0 Å².